The van der Waals surface area contributed by atoms with Crippen LogP contribution in [0, 0.1) is 0 Å². The predicted molar refractivity (Wildman–Crippen MR) is 272 cm³/mol. The van der Waals surface area contributed by atoms with E-state index in [1.165, 1.54) is 121 Å². The third-order valence-electron chi connectivity index (χ3n) is 14.2. The van der Waals surface area contributed by atoms with Crippen molar-refractivity contribution in [2.24, 2.45) is 0 Å². The minimum absolute atomic E-state index is 0.00941. The lowest BCUT2D eigenvalue weighted by Gasteiger charge is -2.41. The normalized spacial score (nSPS) is 13.4. The van der Waals surface area contributed by atoms with Gasteiger partial charge in [0.15, 0.2) is 0 Å². The van der Waals surface area contributed by atoms with Gasteiger partial charge in [0.1, 0.15) is 0 Å². The van der Waals surface area contributed by atoms with E-state index in [4.69, 9.17) is 0 Å². The molecule has 10 aromatic carbocycles. The van der Waals surface area contributed by atoms with E-state index in [1.54, 1.807) is 0 Å². The maximum Gasteiger partial charge on any atom is 0.0279 e. The van der Waals surface area contributed by atoms with Crippen molar-refractivity contribution < 1.29 is 0 Å². The molecule has 0 saturated carbocycles. The summed E-state index contributed by atoms with van der Waals surface area (Å²) in [5.74, 6) is 0.0354. The second kappa shape index (κ2) is 14.9. The number of fused-ring (bicyclic) bond motifs is 8. The third kappa shape index (κ3) is 5.89. The van der Waals surface area contributed by atoms with Gasteiger partial charge in [-0.2, -0.15) is 0 Å². The Bertz CT molecular complexity index is 3570. The summed E-state index contributed by atoms with van der Waals surface area (Å²) in [6, 6.07) is 88.7. The fourth-order valence-electron chi connectivity index (χ4n) is 11.3. The zero-order chi connectivity index (χ0) is 42.1. The summed E-state index contributed by atoms with van der Waals surface area (Å²) in [5, 5.41) is 5.54. The van der Waals surface area contributed by atoms with E-state index in [2.05, 4.69) is 237 Å². The molecule has 0 saturated heterocycles. The van der Waals surface area contributed by atoms with Crippen LogP contribution in [0.3, 0.4) is 0 Å². The molecule has 0 nitrogen and oxygen atoms in total. The molecule has 1 atom stereocenters. The van der Waals surface area contributed by atoms with Crippen molar-refractivity contribution in [3.8, 4) is 72.1 Å². The molecule has 2 aliphatic rings. The molecule has 2 heterocycles. The lowest BCUT2D eigenvalue weighted by atomic mass is 9.43. The fourth-order valence-corrected chi connectivity index (χ4v) is 11.3. The van der Waals surface area contributed by atoms with E-state index in [9.17, 15) is 0 Å². The molecule has 1 aromatic heterocycles. The highest BCUT2D eigenvalue weighted by Gasteiger charge is 2.31. The Labute approximate surface area is 374 Å². The lowest BCUT2D eigenvalue weighted by Crippen LogP contribution is -2.20. The topological polar surface area (TPSA) is 0 Å². The Morgan fingerprint density at radius 3 is 1.45 bits per heavy atom. The molecule has 1 aliphatic carbocycles. The highest BCUT2D eigenvalue weighted by Crippen LogP contribution is 2.54. The van der Waals surface area contributed by atoms with Gasteiger partial charge in [-0.25, -0.2) is 16.2 Å². The molecule has 1 aliphatic heterocycles. The molecule has 0 radical (unpaired) electrons. The molecule has 13 rings (SSSR count). The van der Waals surface area contributed by atoms with Crippen molar-refractivity contribution in [3.05, 3.63) is 264 Å². The first-order chi connectivity index (χ1) is 31.7. The van der Waals surface area contributed by atoms with Gasteiger partial charge in [-0.05, 0) is 95.6 Å². The van der Waals surface area contributed by atoms with Gasteiger partial charge in [-0.3, -0.25) is 0 Å². The average Bonchev–Trinajstić information content (AvgIpc) is 3.75. The summed E-state index contributed by atoms with van der Waals surface area (Å²) in [4.78, 5) is 0. The van der Waals surface area contributed by atoms with Gasteiger partial charge in [0.2, 0.25) is 0 Å². The summed E-state index contributed by atoms with van der Waals surface area (Å²) in [6.45, 7) is 0. The van der Waals surface area contributed by atoms with Crippen molar-refractivity contribution in [1.29, 1.82) is 0 Å². The van der Waals surface area contributed by atoms with Gasteiger partial charge < -0.3 is 0 Å². The van der Waals surface area contributed by atoms with Crippen molar-refractivity contribution in [2.75, 3.05) is 0 Å². The molecule has 0 fully saturated rings. The van der Waals surface area contributed by atoms with Crippen LogP contribution in [0.2, 0.25) is 0 Å². The van der Waals surface area contributed by atoms with Crippen LogP contribution in [0.4, 0.5) is 0 Å². The smallest absolute Gasteiger partial charge is 0.0279 e. The summed E-state index contributed by atoms with van der Waals surface area (Å²) in [7, 11) is 0. The molecule has 1 heteroatoms. The summed E-state index contributed by atoms with van der Waals surface area (Å²) in [5.41, 5.74) is 23.7. The van der Waals surface area contributed by atoms with Crippen LogP contribution in [0.5, 0.6) is 0 Å². The molecule has 64 heavy (non-hydrogen) atoms. The number of hydrogen-bond acceptors (Lipinski definition) is 0. The fraction of sp³-hybridized carbons (Fsp3) is 0.0317. The van der Waals surface area contributed by atoms with E-state index in [1.807, 2.05) is 0 Å². The Balaban J connectivity index is 1.18. The van der Waals surface area contributed by atoms with Crippen LogP contribution >= 0.6 is 0 Å². The summed E-state index contributed by atoms with van der Waals surface area (Å²) < 4.78 is 0. The molecule has 0 N–H and O–H groups in total. The molecule has 0 spiro atoms. The number of benzene rings is 10. The van der Waals surface area contributed by atoms with Crippen LogP contribution in [-0.4, -0.2) is 6.34 Å². The minimum Gasteiger partial charge on any atom is -0.218 e. The minimum atomic E-state index is 0.00941. The molecule has 1 unspecified atom stereocenters. The first-order valence-electron chi connectivity index (χ1n) is 22.6. The Morgan fingerprint density at radius 1 is 0.344 bits per heavy atom. The largest absolute Gasteiger partial charge is 0.218 e. The van der Waals surface area contributed by atoms with Crippen LogP contribution < -0.4 is 0 Å². The Kier molecular flexibility index (Phi) is 8.56. The highest BCUT2D eigenvalue weighted by molar-refractivity contribution is 6.84. The van der Waals surface area contributed by atoms with Crippen LogP contribution in [0.1, 0.15) is 33.7 Å². The lowest BCUT2D eigenvalue weighted by molar-refractivity contribution is 0.993. The molecule has 11 aromatic rings. The van der Waals surface area contributed by atoms with E-state index in [0.717, 1.165) is 6.42 Å². The quantitative estimate of drug-likeness (QED) is 0.147. The van der Waals surface area contributed by atoms with Crippen LogP contribution in [-0.2, 0) is 6.42 Å². The zero-order valence-electron chi connectivity index (χ0n) is 35.4. The predicted octanol–water partition coefficient (Wildman–Crippen LogP) is 16.4. The number of hydrogen-bond donors (Lipinski definition) is 0. The van der Waals surface area contributed by atoms with Gasteiger partial charge in [0.05, 0.1) is 0 Å². The van der Waals surface area contributed by atoms with E-state index in [0.29, 0.717) is 0 Å². The van der Waals surface area contributed by atoms with Gasteiger partial charge in [-0.15, -0.1) is 0 Å². The van der Waals surface area contributed by atoms with E-state index >= 15 is 0 Å². The van der Waals surface area contributed by atoms with Gasteiger partial charge in [0, 0.05) is 5.92 Å². The Hall–Kier alpha value is -7.87. The van der Waals surface area contributed by atoms with Crippen LogP contribution in [0.15, 0.2) is 237 Å². The number of rotatable bonds is 6. The monoisotopic (exact) mass is 809 g/mol. The zero-order valence-corrected chi connectivity index (χ0v) is 35.4. The molecule has 0 amide bonds. The second-order valence-electron chi connectivity index (χ2n) is 17.7. The maximum absolute atomic E-state index is 2.61. The highest BCUT2D eigenvalue weighted by atomic mass is 14.3. The van der Waals surface area contributed by atoms with Crippen molar-refractivity contribution >= 4 is 27.8 Å². The molecule has 0 bridgehead atoms. The molecule has 298 valence electrons. The van der Waals surface area contributed by atoms with Crippen LogP contribution in [0.25, 0.3) is 93.6 Å². The van der Waals surface area contributed by atoms with Gasteiger partial charge in [0.25, 0.3) is 0 Å². The average molecular weight is 810 g/mol. The van der Waals surface area contributed by atoms with Gasteiger partial charge >= 0.3 is 0 Å². The van der Waals surface area contributed by atoms with Gasteiger partial charge in [-0.1, -0.05) is 259 Å². The first kappa shape index (κ1) is 36.8. The molecular weight excluding hydrogens is 768 g/mol. The van der Waals surface area contributed by atoms with E-state index in [-0.39, 0.29) is 12.3 Å². The maximum atomic E-state index is 2.61. The third-order valence-corrected chi connectivity index (χ3v) is 14.2. The second-order valence-corrected chi connectivity index (χ2v) is 17.7. The standard InChI is InChI=1S/C63H42B/c1-5-15-41(16-6-1)45-25-29-47(30-26-45)60-54-36-34-50(44-21-11-4-12-22-44)39-59(54)64-62(48-31-27-46(28-32-48)42-17-7-2-8-18-42)53-35-33-49(43-19-9-3-10-20-43)37-56(53)61-57-38-51-23-13-14-24-52(51)55(57)40-58(60)63(61)64/h1-37,39-40,60H,38H2/q-1. The summed E-state index contributed by atoms with van der Waals surface area (Å²) in [6.07, 6.45) is 0.930. The van der Waals surface area contributed by atoms with Crippen molar-refractivity contribution in [3.63, 3.8) is 0 Å². The van der Waals surface area contributed by atoms with E-state index < -0.39 is 0 Å². The first-order valence-corrected chi connectivity index (χ1v) is 22.6. The van der Waals surface area contributed by atoms with Crippen molar-refractivity contribution in [2.45, 2.75) is 12.3 Å². The molecular formula is C63H42B-. The SMILES string of the molecule is c1ccc(-c2ccc(-c3[b-]4c5c(cc6c(c5c5cc(-c7ccccc7)ccc35)Cc3ccccc3-6)C(c3ccc(-c5ccccc5)cc3)c3ccc(-c5ccccc5)cc3-4)cc2)cc1. The van der Waals surface area contributed by atoms with Crippen molar-refractivity contribution in [1.82, 2.24) is 0 Å². The Morgan fingerprint density at radius 2 is 0.828 bits per heavy atom. The summed E-state index contributed by atoms with van der Waals surface area (Å²) >= 11 is 0.